The van der Waals surface area contributed by atoms with Gasteiger partial charge in [0.2, 0.25) is 23.6 Å². The molecular weight excluding hydrogens is 312 g/mol. The van der Waals surface area contributed by atoms with Gasteiger partial charge in [-0.1, -0.05) is 0 Å². The molecule has 0 saturated carbocycles. The monoisotopic (exact) mass is 340 g/mol. The fraction of sp³-hybridized carbons (Fsp3) is 0.750. The molecule has 1 aliphatic rings. The van der Waals surface area contributed by atoms with Crippen LogP contribution in [0.15, 0.2) is 0 Å². The van der Waals surface area contributed by atoms with Crippen LogP contribution in [0.25, 0.3) is 0 Å². The highest BCUT2D eigenvalue weighted by Crippen LogP contribution is 2.10. The lowest BCUT2D eigenvalue weighted by atomic mass is 10.0. The van der Waals surface area contributed by atoms with Crippen molar-refractivity contribution in [1.29, 1.82) is 0 Å². The van der Waals surface area contributed by atoms with Gasteiger partial charge in [-0.25, -0.2) is 0 Å². The van der Waals surface area contributed by atoms with Crippen LogP contribution in [0.3, 0.4) is 0 Å². The Kier molecular flexibility index (Phi) is 8.81. The Hall–Kier alpha value is -2.12. The predicted octanol–water partition coefficient (Wildman–Crippen LogP) is -0.418. The maximum Gasteiger partial charge on any atom is 0.243 e. The summed E-state index contributed by atoms with van der Waals surface area (Å²) in [6.07, 6.45) is 4.16. The van der Waals surface area contributed by atoms with E-state index in [9.17, 15) is 19.2 Å². The van der Waals surface area contributed by atoms with E-state index in [0.29, 0.717) is 25.9 Å². The Bertz CT molecular complexity index is 425. The van der Waals surface area contributed by atoms with Crippen molar-refractivity contribution in [2.45, 2.75) is 64.5 Å². The first-order chi connectivity index (χ1) is 11.4. The molecule has 0 spiro atoms. The third kappa shape index (κ3) is 7.94. The highest BCUT2D eigenvalue weighted by molar-refractivity contribution is 5.96. The van der Waals surface area contributed by atoms with Crippen LogP contribution < -0.4 is 21.3 Å². The molecule has 0 radical (unpaired) electrons. The first kappa shape index (κ1) is 19.9. The average Bonchev–Trinajstić information content (AvgIpc) is 2.50. The molecule has 0 aromatic carbocycles. The minimum Gasteiger partial charge on any atom is -0.356 e. The molecule has 0 unspecified atom stereocenters. The molecule has 1 aliphatic heterocycles. The van der Waals surface area contributed by atoms with Crippen molar-refractivity contribution in [2.24, 2.45) is 0 Å². The third-order valence-corrected chi connectivity index (χ3v) is 3.85. The molecule has 136 valence electrons. The number of nitrogens with one attached hydrogen (secondary N) is 4. The summed E-state index contributed by atoms with van der Waals surface area (Å²) in [6, 6.07) is -0.990. The van der Waals surface area contributed by atoms with E-state index in [1.807, 2.05) is 0 Å². The van der Waals surface area contributed by atoms with E-state index in [1.54, 1.807) is 0 Å². The Morgan fingerprint density at radius 1 is 0.792 bits per heavy atom. The van der Waals surface area contributed by atoms with Crippen LogP contribution in [0.4, 0.5) is 0 Å². The molecule has 8 nitrogen and oxygen atoms in total. The van der Waals surface area contributed by atoms with E-state index >= 15 is 0 Å². The topological polar surface area (TPSA) is 116 Å². The normalized spacial score (nSPS) is 20.1. The van der Waals surface area contributed by atoms with Gasteiger partial charge in [0, 0.05) is 26.9 Å². The van der Waals surface area contributed by atoms with Gasteiger partial charge in [-0.15, -0.1) is 0 Å². The maximum absolute atomic E-state index is 12.0. The summed E-state index contributed by atoms with van der Waals surface area (Å²) in [6.45, 7) is 4.08. The zero-order valence-corrected chi connectivity index (χ0v) is 14.4. The number of rotatable bonds is 10. The van der Waals surface area contributed by atoms with Gasteiger partial charge in [0.05, 0.1) is 0 Å². The second-order valence-corrected chi connectivity index (χ2v) is 6.08. The highest BCUT2D eigenvalue weighted by atomic mass is 16.2. The molecule has 0 aliphatic carbocycles. The van der Waals surface area contributed by atoms with Crippen molar-refractivity contribution >= 4 is 23.6 Å². The van der Waals surface area contributed by atoms with Crippen LogP contribution in [-0.4, -0.2) is 48.8 Å². The van der Waals surface area contributed by atoms with Gasteiger partial charge in [0.25, 0.3) is 0 Å². The number of amides is 4. The number of unbranched alkanes of at least 4 members (excludes halogenated alkanes) is 2. The zero-order chi connectivity index (χ0) is 17.9. The number of hydrogen-bond acceptors (Lipinski definition) is 4. The number of carbonyl (C=O) groups is 4. The Balaban J connectivity index is 2.21. The summed E-state index contributed by atoms with van der Waals surface area (Å²) in [5.74, 6) is -0.443. The van der Waals surface area contributed by atoms with Gasteiger partial charge in [-0.3, -0.25) is 19.2 Å². The van der Waals surface area contributed by atoms with Crippen molar-refractivity contribution in [1.82, 2.24) is 21.3 Å². The molecule has 0 bridgehead atoms. The molecule has 1 saturated heterocycles. The van der Waals surface area contributed by atoms with Gasteiger partial charge >= 0.3 is 0 Å². The van der Waals surface area contributed by atoms with E-state index in [2.05, 4.69) is 21.3 Å². The first-order valence-electron chi connectivity index (χ1n) is 8.49. The largest absolute Gasteiger partial charge is 0.356 e. The molecule has 24 heavy (non-hydrogen) atoms. The molecule has 0 aromatic heterocycles. The van der Waals surface area contributed by atoms with Gasteiger partial charge in [-0.05, 0) is 38.5 Å². The van der Waals surface area contributed by atoms with Crippen molar-refractivity contribution < 1.29 is 19.2 Å². The molecule has 1 heterocycles. The van der Waals surface area contributed by atoms with Gasteiger partial charge in [0.15, 0.2) is 0 Å². The lowest BCUT2D eigenvalue weighted by Gasteiger charge is -2.29. The molecule has 1 rings (SSSR count). The molecule has 8 heteroatoms. The minimum atomic E-state index is -0.495. The fourth-order valence-electron chi connectivity index (χ4n) is 2.56. The Morgan fingerprint density at radius 3 is 1.50 bits per heavy atom. The molecule has 2 atom stereocenters. The van der Waals surface area contributed by atoms with Crippen molar-refractivity contribution in [2.75, 3.05) is 13.1 Å². The second-order valence-electron chi connectivity index (χ2n) is 6.08. The summed E-state index contributed by atoms with van der Waals surface area (Å²) >= 11 is 0. The second kappa shape index (κ2) is 10.6. The van der Waals surface area contributed by atoms with Crippen LogP contribution in [0.2, 0.25) is 0 Å². The van der Waals surface area contributed by atoms with E-state index < -0.39 is 12.1 Å². The van der Waals surface area contributed by atoms with Crippen LogP contribution in [-0.2, 0) is 19.2 Å². The Labute approximate surface area is 142 Å². The lowest BCUT2D eigenvalue weighted by molar-refractivity contribution is -0.137. The summed E-state index contributed by atoms with van der Waals surface area (Å²) in [5.41, 5.74) is 0. The fourth-order valence-corrected chi connectivity index (χ4v) is 2.56. The van der Waals surface area contributed by atoms with Crippen LogP contribution in [0.5, 0.6) is 0 Å². The van der Waals surface area contributed by atoms with E-state index in [-0.39, 0.29) is 23.6 Å². The van der Waals surface area contributed by atoms with Gasteiger partial charge < -0.3 is 21.3 Å². The van der Waals surface area contributed by atoms with E-state index in [0.717, 1.165) is 25.7 Å². The number of piperazine rings is 1. The standard InChI is InChI=1S/C16H28N4O4/c1-11(21)17-9-5-3-7-13-15(23)20-14(16(24)19-13)8-4-6-10-18-12(2)22/h13-14H,3-10H2,1-2H3,(H,17,21)(H,18,22)(H,19,24)(H,20,23)/t13-,14-/m0/s1. The van der Waals surface area contributed by atoms with Gasteiger partial charge in [0.1, 0.15) is 12.1 Å². The number of carbonyl (C=O) groups excluding carboxylic acids is 4. The van der Waals surface area contributed by atoms with Crippen LogP contribution >= 0.6 is 0 Å². The first-order valence-corrected chi connectivity index (χ1v) is 8.49. The van der Waals surface area contributed by atoms with Crippen molar-refractivity contribution in [3.8, 4) is 0 Å². The van der Waals surface area contributed by atoms with E-state index in [1.165, 1.54) is 13.8 Å². The van der Waals surface area contributed by atoms with E-state index in [4.69, 9.17) is 0 Å². The smallest absolute Gasteiger partial charge is 0.243 e. The zero-order valence-electron chi connectivity index (χ0n) is 14.4. The lowest BCUT2D eigenvalue weighted by Crippen LogP contribution is -2.61. The summed E-state index contributed by atoms with van der Waals surface area (Å²) < 4.78 is 0. The predicted molar refractivity (Wildman–Crippen MR) is 88.9 cm³/mol. The summed E-state index contributed by atoms with van der Waals surface area (Å²) in [4.78, 5) is 45.6. The number of hydrogen-bond donors (Lipinski definition) is 4. The molecule has 4 N–H and O–H groups in total. The minimum absolute atomic E-state index is 0.0694. The molecular formula is C16H28N4O4. The van der Waals surface area contributed by atoms with Crippen LogP contribution in [0, 0.1) is 0 Å². The summed E-state index contributed by atoms with van der Waals surface area (Å²) in [7, 11) is 0. The van der Waals surface area contributed by atoms with Crippen LogP contribution in [0.1, 0.15) is 52.4 Å². The summed E-state index contributed by atoms with van der Waals surface area (Å²) in [5, 5.41) is 10.9. The van der Waals surface area contributed by atoms with Crippen molar-refractivity contribution in [3.05, 3.63) is 0 Å². The molecule has 4 amide bonds. The molecule has 0 aromatic rings. The quantitative estimate of drug-likeness (QED) is 0.404. The third-order valence-electron chi connectivity index (χ3n) is 3.85. The Morgan fingerprint density at radius 2 is 1.17 bits per heavy atom. The van der Waals surface area contributed by atoms with Crippen molar-refractivity contribution in [3.63, 3.8) is 0 Å². The average molecular weight is 340 g/mol. The van der Waals surface area contributed by atoms with Gasteiger partial charge in [-0.2, -0.15) is 0 Å². The molecule has 1 fully saturated rings. The highest BCUT2D eigenvalue weighted by Gasteiger charge is 2.32. The SMILES string of the molecule is CC(=O)NCCCC[C@@H]1NC(=O)[C@H](CCCCNC(C)=O)NC1=O. The maximum atomic E-state index is 12.0.